The molecule has 0 spiro atoms. The Bertz CT molecular complexity index is 1270. The molecule has 0 aliphatic carbocycles. The van der Waals surface area contributed by atoms with E-state index in [1.54, 1.807) is 19.1 Å². The van der Waals surface area contributed by atoms with Crippen molar-refractivity contribution in [2.24, 2.45) is 11.8 Å². The zero-order valence-corrected chi connectivity index (χ0v) is 21.5. The Balaban J connectivity index is 1.71. The molecular weight excluding hydrogens is 488 g/mol. The number of hydrogen-bond donors (Lipinski definition) is 1. The molecule has 1 aliphatic rings. The number of nitrogens with zero attached hydrogens (tertiary/aromatic N) is 3. The molecule has 8 nitrogen and oxygen atoms in total. The molecule has 10 heteroatoms. The summed E-state index contributed by atoms with van der Waals surface area (Å²) in [6.45, 7) is 6.50. The number of nitrogens with one attached hydrogen (secondary N) is 1. The second-order valence-electron chi connectivity index (χ2n) is 9.16. The van der Waals surface area contributed by atoms with Crippen LogP contribution in [0.5, 0.6) is 0 Å². The predicted molar refractivity (Wildman–Crippen MR) is 133 cm³/mol. The number of carbonyl (C=O) groups excluding carboxylic acids is 1. The highest BCUT2D eigenvalue weighted by molar-refractivity contribution is 7.89. The van der Waals surface area contributed by atoms with Gasteiger partial charge >= 0.3 is 0 Å². The number of aromatic nitrogens is 2. The van der Waals surface area contributed by atoms with Crippen molar-refractivity contribution in [3.63, 3.8) is 0 Å². The minimum Gasteiger partial charge on any atom is -0.421 e. The third-order valence-electron chi connectivity index (χ3n) is 6.42. The largest absolute Gasteiger partial charge is 0.421 e. The van der Waals surface area contributed by atoms with E-state index in [4.69, 9.17) is 16.0 Å². The zero-order chi connectivity index (χ0) is 25.2. The first-order valence-corrected chi connectivity index (χ1v) is 13.4. The van der Waals surface area contributed by atoms with Gasteiger partial charge in [0.2, 0.25) is 27.7 Å². The van der Waals surface area contributed by atoms with E-state index < -0.39 is 16.1 Å². The van der Waals surface area contributed by atoms with Gasteiger partial charge in [0.15, 0.2) is 0 Å². The Morgan fingerprint density at radius 2 is 1.80 bits per heavy atom. The minimum atomic E-state index is -4.00. The standard InChI is InChI=1S/C25H29ClN4O4S/c1-16(2)20-12-13-27-24(31)23(14-20)30(35(32,33)22-10-8-21(26)9-11-22)15-18-4-6-19(7-5-18)25-29-28-17(3)34-25/h4-11,16,20,23H,12-15H2,1-3H3,(H,27,31). The molecule has 1 N–H and O–H groups in total. The molecule has 186 valence electrons. The number of carbonyl (C=O) groups is 1. The maximum absolute atomic E-state index is 13.8. The van der Waals surface area contributed by atoms with Crippen LogP contribution in [-0.2, 0) is 21.4 Å². The van der Waals surface area contributed by atoms with Crippen LogP contribution in [0.15, 0.2) is 57.8 Å². The molecule has 2 unspecified atom stereocenters. The van der Waals surface area contributed by atoms with E-state index in [1.165, 1.54) is 28.6 Å². The number of halogens is 1. The maximum atomic E-state index is 13.8. The highest BCUT2D eigenvalue weighted by Gasteiger charge is 2.39. The summed E-state index contributed by atoms with van der Waals surface area (Å²) in [5.74, 6) is 1.11. The summed E-state index contributed by atoms with van der Waals surface area (Å²) < 4.78 is 34.5. The molecule has 0 radical (unpaired) electrons. The van der Waals surface area contributed by atoms with Crippen molar-refractivity contribution >= 4 is 27.5 Å². The molecule has 4 rings (SSSR count). The average molecular weight is 517 g/mol. The molecule has 2 atom stereocenters. The fourth-order valence-electron chi connectivity index (χ4n) is 4.31. The van der Waals surface area contributed by atoms with E-state index >= 15 is 0 Å². The smallest absolute Gasteiger partial charge is 0.247 e. The van der Waals surface area contributed by atoms with Gasteiger partial charge < -0.3 is 9.73 Å². The Hall–Kier alpha value is -2.75. The van der Waals surface area contributed by atoms with Crippen LogP contribution in [-0.4, -0.2) is 41.4 Å². The number of hydrogen-bond acceptors (Lipinski definition) is 6. The normalized spacial score (nSPS) is 19.1. The highest BCUT2D eigenvalue weighted by atomic mass is 35.5. The lowest BCUT2D eigenvalue weighted by atomic mass is 9.87. The number of sulfonamides is 1. The molecule has 1 aliphatic heterocycles. The highest BCUT2D eigenvalue weighted by Crippen LogP contribution is 2.31. The Labute approximate surface area is 210 Å². The molecule has 1 aromatic heterocycles. The first-order valence-electron chi connectivity index (χ1n) is 11.6. The molecular formula is C25H29ClN4O4S. The van der Waals surface area contributed by atoms with E-state index in [-0.39, 0.29) is 23.3 Å². The molecule has 35 heavy (non-hydrogen) atoms. The fraction of sp³-hybridized carbons (Fsp3) is 0.400. The first-order chi connectivity index (χ1) is 16.6. The summed E-state index contributed by atoms with van der Waals surface area (Å²) in [4.78, 5) is 13.2. The number of benzene rings is 2. The summed E-state index contributed by atoms with van der Waals surface area (Å²) in [6, 6.07) is 12.4. The molecule has 1 saturated heterocycles. The van der Waals surface area contributed by atoms with Gasteiger partial charge in [0.1, 0.15) is 6.04 Å². The summed E-state index contributed by atoms with van der Waals surface area (Å²) in [5, 5.41) is 11.2. The summed E-state index contributed by atoms with van der Waals surface area (Å²) in [6.07, 6.45) is 1.27. The van der Waals surface area contributed by atoms with Gasteiger partial charge in [-0.3, -0.25) is 4.79 Å². The lowest BCUT2D eigenvalue weighted by Crippen LogP contribution is -2.48. The van der Waals surface area contributed by atoms with Crippen molar-refractivity contribution in [1.82, 2.24) is 19.8 Å². The summed E-state index contributed by atoms with van der Waals surface area (Å²) in [7, 11) is -4.00. The first kappa shape index (κ1) is 25.3. The number of aryl methyl sites for hydroxylation is 1. The van der Waals surface area contributed by atoms with Crippen LogP contribution in [0.1, 0.15) is 38.1 Å². The van der Waals surface area contributed by atoms with Crippen molar-refractivity contribution < 1.29 is 17.6 Å². The third-order valence-corrected chi connectivity index (χ3v) is 8.54. The van der Waals surface area contributed by atoms with Gasteiger partial charge in [-0.25, -0.2) is 8.42 Å². The SMILES string of the molecule is Cc1nnc(-c2ccc(CN(C3CC(C(C)C)CCNC3=O)S(=O)(=O)c3ccc(Cl)cc3)cc2)o1. The predicted octanol–water partition coefficient (Wildman–Crippen LogP) is 4.44. The van der Waals surface area contributed by atoms with Crippen LogP contribution in [0.3, 0.4) is 0 Å². The topological polar surface area (TPSA) is 105 Å². The van der Waals surface area contributed by atoms with Crippen LogP contribution in [0, 0.1) is 18.8 Å². The van der Waals surface area contributed by atoms with Crippen molar-refractivity contribution in [1.29, 1.82) is 0 Å². The number of amides is 1. The monoisotopic (exact) mass is 516 g/mol. The Morgan fingerprint density at radius 1 is 1.11 bits per heavy atom. The van der Waals surface area contributed by atoms with Crippen LogP contribution in [0.2, 0.25) is 5.02 Å². The van der Waals surface area contributed by atoms with Crippen LogP contribution >= 0.6 is 11.6 Å². The van der Waals surface area contributed by atoms with Gasteiger partial charge in [-0.05, 0) is 66.6 Å². The second-order valence-corrected chi connectivity index (χ2v) is 11.5. The fourth-order valence-corrected chi connectivity index (χ4v) is 6.03. The van der Waals surface area contributed by atoms with Crippen molar-refractivity contribution in [2.75, 3.05) is 6.54 Å². The Morgan fingerprint density at radius 3 is 2.40 bits per heavy atom. The second kappa shape index (κ2) is 10.5. The van der Waals surface area contributed by atoms with Crippen LogP contribution in [0.25, 0.3) is 11.5 Å². The minimum absolute atomic E-state index is 0.0387. The van der Waals surface area contributed by atoms with E-state index in [1.807, 2.05) is 12.1 Å². The van der Waals surface area contributed by atoms with Gasteiger partial charge in [-0.15, -0.1) is 10.2 Å². The molecule has 2 heterocycles. The van der Waals surface area contributed by atoms with Crippen molar-refractivity contribution in [3.05, 3.63) is 65.0 Å². The van der Waals surface area contributed by atoms with Gasteiger partial charge in [0.25, 0.3) is 0 Å². The van der Waals surface area contributed by atoms with Gasteiger partial charge in [0.05, 0.1) is 4.90 Å². The van der Waals surface area contributed by atoms with Gasteiger partial charge in [-0.1, -0.05) is 37.6 Å². The molecule has 2 aromatic carbocycles. The van der Waals surface area contributed by atoms with Gasteiger partial charge in [-0.2, -0.15) is 4.31 Å². The zero-order valence-electron chi connectivity index (χ0n) is 19.9. The van der Waals surface area contributed by atoms with E-state index in [2.05, 4.69) is 29.4 Å². The summed E-state index contributed by atoms with van der Waals surface area (Å²) >= 11 is 6.00. The lowest BCUT2D eigenvalue weighted by Gasteiger charge is -2.31. The third kappa shape index (κ3) is 5.74. The van der Waals surface area contributed by atoms with Crippen molar-refractivity contribution in [3.8, 4) is 11.5 Å². The number of rotatable bonds is 7. The quantitative estimate of drug-likeness (QED) is 0.497. The summed E-state index contributed by atoms with van der Waals surface area (Å²) in [5.41, 5.74) is 1.47. The maximum Gasteiger partial charge on any atom is 0.247 e. The molecule has 0 bridgehead atoms. The van der Waals surface area contributed by atoms with Crippen LogP contribution in [0.4, 0.5) is 0 Å². The molecule has 1 amide bonds. The van der Waals surface area contributed by atoms with Crippen LogP contribution < -0.4 is 5.32 Å². The Kier molecular flexibility index (Phi) is 7.59. The molecule has 3 aromatic rings. The average Bonchev–Trinajstić information content (AvgIpc) is 3.16. The van der Waals surface area contributed by atoms with E-state index in [0.29, 0.717) is 35.7 Å². The van der Waals surface area contributed by atoms with Gasteiger partial charge in [0, 0.05) is 30.6 Å². The van der Waals surface area contributed by atoms with E-state index in [0.717, 1.165) is 17.5 Å². The van der Waals surface area contributed by atoms with E-state index in [9.17, 15) is 13.2 Å². The lowest BCUT2D eigenvalue weighted by molar-refractivity contribution is -0.124. The van der Waals surface area contributed by atoms with Crippen molar-refractivity contribution in [2.45, 2.75) is 51.1 Å². The molecule has 0 saturated carbocycles. The molecule has 1 fully saturated rings.